The Morgan fingerprint density at radius 3 is 2.50 bits per heavy atom. The van der Waals surface area contributed by atoms with Crippen LogP contribution in [-0.2, 0) is 16.1 Å². The molecule has 8 nitrogen and oxygen atoms in total. The summed E-state index contributed by atoms with van der Waals surface area (Å²) in [5.74, 6) is -0.856. The molecule has 0 bridgehead atoms. The second-order valence-electron chi connectivity index (χ2n) is 9.14. The molecule has 0 spiro atoms. The first-order chi connectivity index (χ1) is 16.4. The molecular formula is C25H30N4O4S. The van der Waals surface area contributed by atoms with Gasteiger partial charge >= 0.3 is 5.97 Å². The first-order valence-corrected chi connectivity index (χ1v) is 12.7. The summed E-state index contributed by atoms with van der Waals surface area (Å²) in [4.78, 5) is 45.6. The van der Waals surface area contributed by atoms with Gasteiger partial charge in [-0.2, -0.15) is 5.10 Å². The number of nitrogens with zero attached hydrogens (tertiary/aromatic N) is 4. The van der Waals surface area contributed by atoms with E-state index >= 15 is 0 Å². The molecular weight excluding hydrogens is 452 g/mol. The standard InChI is InChI=1S/C25H30N4O4S/c1-16(2)15-28-23(31)20-12-8-7-11-19(20)21(27-28)24(32)33-17(3)22(30)29(25-26-13-14-34-25)18-9-5-4-6-10-18/h7-8,11-14,16-18H,4-6,9-10,15H2,1-3H3. The quantitative estimate of drug-likeness (QED) is 0.463. The van der Waals surface area contributed by atoms with Crippen molar-refractivity contribution in [3.8, 4) is 0 Å². The lowest BCUT2D eigenvalue weighted by Gasteiger charge is -2.33. The summed E-state index contributed by atoms with van der Waals surface area (Å²) in [5.41, 5.74) is -0.216. The van der Waals surface area contributed by atoms with E-state index in [2.05, 4.69) is 10.1 Å². The SMILES string of the molecule is CC(C)Cn1nc(C(=O)OC(C)C(=O)N(c2nccs2)C2CCCCC2)c2ccccc2c1=O. The topological polar surface area (TPSA) is 94.4 Å². The Balaban J connectivity index is 1.62. The Morgan fingerprint density at radius 1 is 1.15 bits per heavy atom. The molecule has 1 amide bonds. The maximum atomic E-state index is 13.5. The number of thiazole rings is 1. The molecule has 2 heterocycles. The van der Waals surface area contributed by atoms with E-state index in [0.29, 0.717) is 22.4 Å². The second-order valence-corrected chi connectivity index (χ2v) is 10.0. The summed E-state index contributed by atoms with van der Waals surface area (Å²) in [6.07, 6.45) is 5.73. The van der Waals surface area contributed by atoms with Crippen LogP contribution in [0.25, 0.3) is 10.8 Å². The highest BCUT2D eigenvalue weighted by molar-refractivity contribution is 7.13. The van der Waals surface area contributed by atoms with Crippen LogP contribution in [0.15, 0.2) is 40.6 Å². The summed E-state index contributed by atoms with van der Waals surface area (Å²) in [7, 11) is 0. The van der Waals surface area contributed by atoms with Crippen LogP contribution in [0.3, 0.4) is 0 Å². The van der Waals surface area contributed by atoms with E-state index in [9.17, 15) is 14.4 Å². The van der Waals surface area contributed by atoms with Crippen LogP contribution >= 0.6 is 11.3 Å². The fraction of sp³-hybridized carbons (Fsp3) is 0.480. The van der Waals surface area contributed by atoms with Gasteiger partial charge in [0, 0.05) is 29.5 Å². The molecule has 0 aliphatic heterocycles. The van der Waals surface area contributed by atoms with Crippen molar-refractivity contribution in [2.75, 3.05) is 4.90 Å². The first-order valence-electron chi connectivity index (χ1n) is 11.8. The number of anilines is 1. The highest BCUT2D eigenvalue weighted by Crippen LogP contribution is 2.30. The molecule has 1 aliphatic carbocycles. The molecule has 1 unspecified atom stereocenters. The van der Waals surface area contributed by atoms with Gasteiger partial charge in [-0.15, -0.1) is 11.3 Å². The average Bonchev–Trinajstić information content (AvgIpc) is 3.35. The van der Waals surface area contributed by atoms with Gasteiger partial charge in [0.2, 0.25) is 0 Å². The van der Waals surface area contributed by atoms with E-state index in [1.807, 2.05) is 19.2 Å². The van der Waals surface area contributed by atoms with Crippen molar-refractivity contribution >= 4 is 39.1 Å². The molecule has 34 heavy (non-hydrogen) atoms. The van der Waals surface area contributed by atoms with E-state index < -0.39 is 12.1 Å². The monoisotopic (exact) mass is 482 g/mol. The summed E-state index contributed by atoms with van der Waals surface area (Å²) < 4.78 is 6.95. The zero-order chi connectivity index (χ0) is 24.2. The molecule has 2 aromatic heterocycles. The lowest BCUT2D eigenvalue weighted by Crippen LogP contribution is -2.47. The summed E-state index contributed by atoms with van der Waals surface area (Å²) in [6.45, 7) is 5.90. The van der Waals surface area contributed by atoms with Crippen LogP contribution < -0.4 is 10.5 Å². The smallest absolute Gasteiger partial charge is 0.360 e. The Bertz CT molecular complexity index is 1220. The van der Waals surface area contributed by atoms with Gasteiger partial charge in [-0.1, -0.05) is 51.3 Å². The summed E-state index contributed by atoms with van der Waals surface area (Å²) in [5, 5.41) is 7.60. The zero-order valence-corrected chi connectivity index (χ0v) is 20.6. The number of rotatable bonds is 7. The third-order valence-corrected chi connectivity index (χ3v) is 6.80. The molecule has 1 saturated carbocycles. The van der Waals surface area contributed by atoms with Crippen LogP contribution in [0.4, 0.5) is 5.13 Å². The van der Waals surface area contributed by atoms with Gasteiger partial charge in [0.05, 0.1) is 5.39 Å². The van der Waals surface area contributed by atoms with Gasteiger partial charge in [-0.25, -0.2) is 14.5 Å². The normalized spacial score (nSPS) is 15.4. The Labute approximate surface area is 202 Å². The molecule has 0 radical (unpaired) electrons. The third-order valence-electron chi connectivity index (χ3n) is 6.03. The molecule has 0 saturated heterocycles. The van der Waals surface area contributed by atoms with E-state index in [0.717, 1.165) is 32.1 Å². The molecule has 9 heteroatoms. The van der Waals surface area contributed by atoms with Gasteiger partial charge in [0.1, 0.15) is 0 Å². The Kier molecular flexibility index (Phi) is 7.41. The molecule has 1 aromatic carbocycles. The molecule has 0 N–H and O–H groups in total. The number of carbonyl (C=O) groups is 2. The third kappa shape index (κ3) is 5.04. The number of ether oxygens (including phenoxy) is 1. The molecule has 4 rings (SSSR count). The summed E-state index contributed by atoms with van der Waals surface area (Å²) >= 11 is 1.40. The van der Waals surface area contributed by atoms with E-state index in [4.69, 9.17) is 4.74 Å². The van der Waals surface area contributed by atoms with Crippen LogP contribution in [-0.4, -0.2) is 38.8 Å². The predicted octanol–water partition coefficient (Wildman–Crippen LogP) is 4.42. The van der Waals surface area contributed by atoms with Crippen molar-refractivity contribution in [1.82, 2.24) is 14.8 Å². The van der Waals surface area contributed by atoms with E-state index in [-0.39, 0.29) is 29.1 Å². The number of aromatic nitrogens is 3. The molecule has 180 valence electrons. The second kappa shape index (κ2) is 10.5. The number of hydrogen-bond donors (Lipinski definition) is 0. The minimum Gasteiger partial charge on any atom is -0.448 e. The van der Waals surface area contributed by atoms with Crippen molar-refractivity contribution in [3.05, 3.63) is 51.9 Å². The van der Waals surface area contributed by atoms with Crippen LogP contribution in [0.2, 0.25) is 0 Å². The van der Waals surface area contributed by atoms with Gasteiger partial charge < -0.3 is 4.74 Å². The Hall–Kier alpha value is -3.07. The first kappa shape index (κ1) is 24.1. The average molecular weight is 483 g/mol. The van der Waals surface area contributed by atoms with Gasteiger partial charge in [0.15, 0.2) is 16.9 Å². The minimum absolute atomic E-state index is 0.0361. The van der Waals surface area contributed by atoms with Crippen molar-refractivity contribution in [3.63, 3.8) is 0 Å². The van der Waals surface area contributed by atoms with Crippen molar-refractivity contribution in [2.24, 2.45) is 5.92 Å². The number of carbonyl (C=O) groups excluding carboxylic acids is 2. The number of hydrogen-bond acceptors (Lipinski definition) is 7. The fourth-order valence-electron chi connectivity index (χ4n) is 4.42. The van der Waals surface area contributed by atoms with Crippen molar-refractivity contribution in [1.29, 1.82) is 0 Å². The van der Waals surface area contributed by atoms with Crippen molar-refractivity contribution in [2.45, 2.75) is 71.6 Å². The fourth-order valence-corrected chi connectivity index (χ4v) is 5.14. The molecule has 1 aliphatic rings. The number of fused-ring (bicyclic) bond motifs is 1. The minimum atomic E-state index is -1.02. The molecule has 1 atom stereocenters. The lowest BCUT2D eigenvalue weighted by molar-refractivity contribution is -0.127. The van der Waals surface area contributed by atoms with Crippen LogP contribution in [0.1, 0.15) is 63.4 Å². The van der Waals surface area contributed by atoms with Gasteiger partial charge in [0.25, 0.3) is 11.5 Å². The maximum absolute atomic E-state index is 13.5. The van der Waals surface area contributed by atoms with E-state index in [1.165, 1.54) is 16.0 Å². The number of benzene rings is 1. The number of amides is 1. The highest BCUT2D eigenvalue weighted by atomic mass is 32.1. The van der Waals surface area contributed by atoms with Crippen LogP contribution in [0, 0.1) is 5.92 Å². The summed E-state index contributed by atoms with van der Waals surface area (Å²) in [6, 6.07) is 6.89. The van der Waals surface area contributed by atoms with Crippen molar-refractivity contribution < 1.29 is 14.3 Å². The zero-order valence-electron chi connectivity index (χ0n) is 19.8. The Morgan fingerprint density at radius 2 is 1.85 bits per heavy atom. The highest BCUT2D eigenvalue weighted by Gasteiger charge is 2.34. The largest absolute Gasteiger partial charge is 0.448 e. The molecule has 3 aromatic rings. The predicted molar refractivity (Wildman–Crippen MR) is 132 cm³/mol. The van der Waals surface area contributed by atoms with Crippen LogP contribution in [0.5, 0.6) is 0 Å². The lowest BCUT2D eigenvalue weighted by atomic mass is 9.94. The number of esters is 1. The van der Waals surface area contributed by atoms with Gasteiger partial charge in [-0.05, 0) is 31.7 Å². The molecule has 1 fully saturated rings. The van der Waals surface area contributed by atoms with E-state index in [1.54, 1.807) is 42.3 Å². The maximum Gasteiger partial charge on any atom is 0.360 e. The van der Waals surface area contributed by atoms with Gasteiger partial charge in [-0.3, -0.25) is 14.5 Å².